The molecule has 0 radical (unpaired) electrons. The van der Waals surface area contributed by atoms with Gasteiger partial charge in [-0.2, -0.15) is 5.10 Å². The topological polar surface area (TPSA) is 55.1 Å². The van der Waals surface area contributed by atoms with Gasteiger partial charge in [0.05, 0.1) is 11.9 Å². The Labute approximate surface area is 151 Å². The van der Waals surface area contributed by atoms with Gasteiger partial charge >= 0.3 is 0 Å². The summed E-state index contributed by atoms with van der Waals surface area (Å²) in [6.07, 6.45) is 7.30. The number of nitrogens with zero attached hydrogens (tertiary/aromatic N) is 2. The number of phenolic OH excluding ortho intramolecular Hbond substituents is 1. The second-order valence-electron chi connectivity index (χ2n) is 5.53. The van der Waals surface area contributed by atoms with Gasteiger partial charge in [0.2, 0.25) is 0 Å². The van der Waals surface area contributed by atoms with E-state index >= 15 is 0 Å². The van der Waals surface area contributed by atoms with Gasteiger partial charge in [-0.15, -0.1) is 11.6 Å². The van der Waals surface area contributed by atoms with E-state index in [1.54, 1.807) is 29.1 Å². The molecule has 0 spiro atoms. The summed E-state index contributed by atoms with van der Waals surface area (Å²) in [4.78, 5) is 12.3. The number of aromatic nitrogens is 2. The molecule has 0 atom stereocenters. The lowest BCUT2D eigenvalue weighted by molar-refractivity contribution is 0.104. The Morgan fingerprint density at radius 2 is 2.00 bits per heavy atom. The van der Waals surface area contributed by atoms with E-state index < -0.39 is 0 Å². The predicted octanol–water partition coefficient (Wildman–Crippen LogP) is 4.26. The highest BCUT2D eigenvalue weighted by molar-refractivity contribution is 6.18. The number of ketones is 1. The summed E-state index contributed by atoms with van der Waals surface area (Å²) in [5.41, 5.74) is 2.98. The average Bonchev–Trinajstić information content (AvgIpc) is 3.11. The molecule has 0 bridgehead atoms. The van der Waals surface area contributed by atoms with E-state index in [0.29, 0.717) is 23.4 Å². The van der Waals surface area contributed by atoms with Gasteiger partial charge in [-0.25, -0.2) is 4.68 Å². The summed E-state index contributed by atoms with van der Waals surface area (Å²) in [6, 6.07) is 14.6. The molecule has 5 heteroatoms. The molecule has 0 saturated heterocycles. The smallest absolute Gasteiger partial charge is 0.185 e. The first-order valence-electron chi connectivity index (χ1n) is 7.88. The number of para-hydroxylation sites is 1. The molecule has 126 valence electrons. The van der Waals surface area contributed by atoms with E-state index in [-0.39, 0.29) is 11.5 Å². The van der Waals surface area contributed by atoms with Crippen molar-refractivity contribution in [1.82, 2.24) is 9.78 Å². The third kappa shape index (κ3) is 4.17. The van der Waals surface area contributed by atoms with Gasteiger partial charge in [0.15, 0.2) is 5.78 Å². The normalized spacial score (nSPS) is 11.1. The summed E-state index contributed by atoms with van der Waals surface area (Å²) in [5, 5.41) is 14.1. The van der Waals surface area contributed by atoms with Crippen molar-refractivity contribution in [3.05, 3.63) is 83.7 Å². The van der Waals surface area contributed by atoms with E-state index in [0.717, 1.165) is 11.3 Å². The second-order valence-corrected chi connectivity index (χ2v) is 5.91. The van der Waals surface area contributed by atoms with Gasteiger partial charge in [0.25, 0.3) is 0 Å². The third-order valence-electron chi connectivity index (χ3n) is 3.78. The molecule has 1 N–H and O–H groups in total. The number of allylic oxidation sites excluding steroid dienone is 1. The Balaban J connectivity index is 1.75. The SMILES string of the molecule is O=C(C=Cc1cnn(-c2ccccc2)c1)c1ccc(O)c(CCCl)c1. The van der Waals surface area contributed by atoms with Gasteiger partial charge in [0.1, 0.15) is 5.75 Å². The van der Waals surface area contributed by atoms with Crippen molar-refractivity contribution in [2.24, 2.45) is 0 Å². The van der Waals surface area contributed by atoms with Crippen molar-refractivity contribution in [2.45, 2.75) is 6.42 Å². The zero-order valence-corrected chi connectivity index (χ0v) is 14.2. The maximum absolute atomic E-state index is 12.3. The number of phenols is 1. The van der Waals surface area contributed by atoms with E-state index in [2.05, 4.69) is 5.10 Å². The lowest BCUT2D eigenvalue weighted by atomic mass is 10.0. The molecule has 3 aromatic rings. The van der Waals surface area contributed by atoms with Crippen LogP contribution in [0, 0.1) is 0 Å². The molecule has 0 aliphatic rings. The molecule has 2 aromatic carbocycles. The third-order valence-corrected chi connectivity index (χ3v) is 3.97. The van der Waals surface area contributed by atoms with Crippen LogP contribution in [0.3, 0.4) is 0 Å². The number of rotatable bonds is 6. The molecule has 1 aromatic heterocycles. The molecule has 0 aliphatic heterocycles. The Kier molecular flexibility index (Phi) is 5.31. The highest BCUT2D eigenvalue weighted by Gasteiger charge is 2.07. The number of carbonyl (C=O) groups is 1. The number of hydrogen-bond acceptors (Lipinski definition) is 3. The number of halogens is 1. The van der Waals surface area contributed by atoms with Gasteiger partial charge < -0.3 is 5.11 Å². The molecule has 0 saturated carbocycles. The van der Waals surface area contributed by atoms with E-state index in [1.807, 2.05) is 36.5 Å². The first-order chi connectivity index (χ1) is 12.2. The van der Waals surface area contributed by atoms with E-state index in [9.17, 15) is 9.90 Å². The zero-order chi connectivity index (χ0) is 17.6. The van der Waals surface area contributed by atoms with Crippen molar-refractivity contribution in [3.8, 4) is 11.4 Å². The fourth-order valence-corrected chi connectivity index (χ4v) is 2.66. The maximum atomic E-state index is 12.3. The number of benzene rings is 2. The largest absolute Gasteiger partial charge is 0.508 e. The van der Waals surface area contributed by atoms with Crippen LogP contribution in [0.5, 0.6) is 5.75 Å². The van der Waals surface area contributed by atoms with Crippen LogP contribution in [0.2, 0.25) is 0 Å². The number of carbonyl (C=O) groups excluding carboxylic acids is 1. The summed E-state index contributed by atoms with van der Waals surface area (Å²) >= 11 is 5.71. The quantitative estimate of drug-likeness (QED) is 0.410. The van der Waals surface area contributed by atoms with Crippen LogP contribution in [-0.4, -0.2) is 26.6 Å². The standard InChI is InChI=1S/C20H17ClN2O2/c21-11-10-17-12-16(7-9-20(17)25)19(24)8-6-15-13-22-23(14-15)18-4-2-1-3-5-18/h1-9,12-14,25H,10-11H2. The summed E-state index contributed by atoms with van der Waals surface area (Å²) < 4.78 is 1.75. The Morgan fingerprint density at radius 3 is 2.76 bits per heavy atom. The molecule has 0 unspecified atom stereocenters. The lowest BCUT2D eigenvalue weighted by Crippen LogP contribution is -1.97. The molecule has 4 nitrogen and oxygen atoms in total. The van der Waals surface area contributed by atoms with Crippen molar-refractivity contribution in [2.75, 3.05) is 5.88 Å². The first-order valence-corrected chi connectivity index (χ1v) is 8.41. The minimum Gasteiger partial charge on any atom is -0.508 e. The van der Waals surface area contributed by atoms with Crippen LogP contribution in [-0.2, 0) is 6.42 Å². The average molecular weight is 353 g/mol. The minimum absolute atomic E-state index is 0.136. The first kappa shape index (κ1) is 17.0. The second kappa shape index (κ2) is 7.81. The number of hydrogen-bond donors (Lipinski definition) is 1. The number of aromatic hydroxyl groups is 1. The van der Waals surface area contributed by atoms with Crippen molar-refractivity contribution in [1.29, 1.82) is 0 Å². The zero-order valence-electron chi connectivity index (χ0n) is 13.5. The molecule has 0 amide bonds. The van der Waals surface area contributed by atoms with Crippen LogP contribution >= 0.6 is 11.6 Å². The highest BCUT2D eigenvalue weighted by atomic mass is 35.5. The van der Waals surface area contributed by atoms with Crippen LogP contribution in [0.15, 0.2) is 67.0 Å². The maximum Gasteiger partial charge on any atom is 0.185 e. The van der Waals surface area contributed by atoms with Crippen LogP contribution < -0.4 is 0 Å². The molecule has 25 heavy (non-hydrogen) atoms. The predicted molar refractivity (Wildman–Crippen MR) is 99.5 cm³/mol. The van der Waals surface area contributed by atoms with Crippen LogP contribution in [0.4, 0.5) is 0 Å². The molecular weight excluding hydrogens is 336 g/mol. The molecule has 3 rings (SSSR count). The number of aryl methyl sites for hydroxylation is 1. The molecular formula is C20H17ClN2O2. The Hall–Kier alpha value is -2.85. The van der Waals surface area contributed by atoms with Crippen LogP contribution in [0.1, 0.15) is 21.5 Å². The Bertz CT molecular complexity index is 901. The fourth-order valence-electron chi connectivity index (χ4n) is 2.45. The van der Waals surface area contributed by atoms with Crippen molar-refractivity contribution in [3.63, 3.8) is 0 Å². The van der Waals surface area contributed by atoms with Gasteiger partial charge in [-0.3, -0.25) is 4.79 Å². The summed E-state index contributed by atoms with van der Waals surface area (Å²) in [5.74, 6) is 0.410. The fraction of sp³-hybridized carbons (Fsp3) is 0.100. The summed E-state index contributed by atoms with van der Waals surface area (Å²) in [7, 11) is 0. The van der Waals surface area contributed by atoms with Gasteiger partial charge in [-0.05, 0) is 54.5 Å². The summed E-state index contributed by atoms with van der Waals surface area (Å²) in [6.45, 7) is 0. The Morgan fingerprint density at radius 1 is 1.20 bits per heavy atom. The van der Waals surface area contributed by atoms with Crippen molar-refractivity contribution >= 4 is 23.5 Å². The van der Waals surface area contributed by atoms with Gasteiger partial charge in [0, 0.05) is 23.2 Å². The molecule has 0 aliphatic carbocycles. The number of alkyl halides is 1. The lowest BCUT2D eigenvalue weighted by Gasteiger charge is -2.04. The molecule has 0 fully saturated rings. The van der Waals surface area contributed by atoms with Crippen molar-refractivity contribution < 1.29 is 9.90 Å². The van der Waals surface area contributed by atoms with Gasteiger partial charge in [-0.1, -0.05) is 18.2 Å². The highest BCUT2D eigenvalue weighted by Crippen LogP contribution is 2.20. The van der Waals surface area contributed by atoms with E-state index in [1.165, 1.54) is 12.1 Å². The van der Waals surface area contributed by atoms with E-state index in [4.69, 9.17) is 11.6 Å². The monoisotopic (exact) mass is 352 g/mol. The molecule has 1 heterocycles. The minimum atomic E-state index is -0.136. The van der Waals surface area contributed by atoms with Crippen LogP contribution in [0.25, 0.3) is 11.8 Å².